The number of rotatable bonds is 7. The summed E-state index contributed by atoms with van der Waals surface area (Å²) in [5.74, 6) is -4.50. The predicted octanol–water partition coefficient (Wildman–Crippen LogP) is -2.50. The van der Waals surface area contributed by atoms with E-state index >= 15 is 0 Å². The zero-order valence-electron chi connectivity index (χ0n) is 12.1. The summed E-state index contributed by atoms with van der Waals surface area (Å²) in [6, 6.07) is 4.83. The first kappa shape index (κ1) is 19.7. The fourth-order valence-electron chi connectivity index (χ4n) is 1.72. The fraction of sp³-hybridized carbons (Fsp3) is 0.357. The molecule has 0 unspecified atom stereocenters. The van der Waals surface area contributed by atoms with Gasteiger partial charge >= 0.3 is 17.9 Å². The Kier molecular flexibility index (Phi) is 6.95. The average molecular weight is 344 g/mol. The van der Waals surface area contributed by atoms with Crippen molar-refractivity contribution in [3.63, 3.8) is 0 Å². The molecule has 24 heavy (non-hydrogen) atoms. The molecule has 10 heteroatoms. The van der Waals surface area contributed by atoms with Gasteiger partial charge in [-0.25, -0.2) is 14.4 Å². The lowest BCUT2D eigenvalue weighted by molar-refractivity contribution is -0.164. The Morgan fingerprint density at radius 2 is 1.50 bits per heavy atom. The number of benzene rings is 1. The zero-order valence-corrected chi connectivity index (χ0v) is 12.1. The van der Waals surface area contributed by atoms with Crippen LogP contribution in [0, 0.1) is 0 Å². The number of ether oxygens (including phenoxy) is 1. The number of aliphatic hydroxyl groups excluding tert-OH is 5. The lowest BCUT2D eigenvalue weighted by Gasteiger charge is -2.24. The number of carboxylic acid groups (broad SMARTS) is 1. The molecule has 132 valence electrons. The van der Waals surface area contributed by atoms with Crippen molar-refractivity contribution in [1.29, 1.82) is 0 Å². The molecule has 1 rings (SSSR count). The molecule has 1 aromatic rings. The minimum absolute atomic E-state index is 0.443. The second-order valence-electron chi connectivity index (χ2n) is 4.74. The summed E-state index contributed by atoms with van der Waals surface area (Å²) >= 11 is 0. The van der Waals surface area contributed by atoms with Gasteiger partial charge in [0, 0.05) is 0 Å². The summed E-state index contributed by atoms with van der Waals surface area (Å²) < 4.78 is 4.27. The quantitative estimate of drug-likeness (QED) is 0.228. The zero-order chi connectivity index (χ0) is 18.4. The van der Waals surface area contributed by atoms with E-state index in [0.717, 1.165) is 12.1 Å². The van der Waals surface area contributed by atoms with Gasteiger partial charge in [-0.3, -0.25) is 0 Å². The lowest BCUT2D eigenvalue weighted by atomic mass is 10.0. The molecular weight excluding hydrogens is 328 g/mol. The van der Waals surface area contributed by atoms with Crippen LogP contribution in [0.5, 0.6) is 0 Å². The molecule has 0 bridgehead atoms. The van der Waals surface area contributed by atoms with Crippen LogP contribution in [0.1, 0.15) is 20.7 Å². The third-order valence-electron chi connectivity index (χ3n) is 3.07. The van der Waals surface area contributed by atoms with Crippen LogP contribution in [0.4, 0.5) is 0 Å². The van der Waals surface area contributed by atoms with Crippen LogP contribution in [-0.2, 0) is 9.53 Å². The summed E-state index contributed by atoms with van der Waals surface area (Å²) in [6.45, 7) is -0.953. The second kappa shape index (κ2) is 8.47. The number of hydrogen-bond acceptors (Lipinski definition) is 9. The first-order chi connectivity index (χ1) is 11.2. The Morgan fingerprint density at radius 1 is 0.958 bits per heavy atom. The van der Waals surface area contributed by atoms with Gasteiger partial charge in [-0.15, -0.1) is 0 Å². The van der Waals surface area contributed by atoms with E-state index in [-0.39, 0.29) is 0 Å². The van der Waals surface area contributed by atoms with E-state index in [4.69, 9.17) is 15.3 Å². The van der Waals surface area contributed by atoms with Crippen LogP contribution in [0.3, 0.4) is 0 Å². The normalized spacial score (nSPS) is 15.9. The molecule has 0 aliphatic carbocycles. The highest BCUT2D eigenvalue weighted by molar-refractivity contribution is 6.05. The monoisotopic (exact) mass is 344 g/mol. The third kappa shape index (κ3) is 4.57. The van der Waals surface area contributed by atoms with E-state index in [9.17, 15) is 29.7 Å². The van der Waals surface area contributed by atoms with Gasteiger partial charge in [0.25, 0.3) is 0 Å². The Balaban J connectivity index is 2.84. The van der Waals surface area contributed by atoms with Gasteiger partial charge < -0.3 is 35.4 Å². The number of carbonyl (C=O) groups is 3. The molecule has 0 saturated heterocycles. The molecule has 0 spiro atoms. The van der Waals surface area contributed by atoms with E-state index in [0.29, 0.717) is 0 Å². The van der Waals surface area contributed by atoms with Crippen molar-refractivity contribution in [2.45, 2.75) is 24.4 Å². The second-order valence-corrected chi connectivity index (χ2v) is 4.74. The van der Waals surface area contributed by atoms with Crippen LogP contribution in [0.15, 0.2) is 24.3 Å². The number of aromatic carboxylic acids is 1. The van der Waals surface area contributed by atoms with Gasteiger partial charge in [0.2, 0.25) is 0 Å². The van der Waals surface area contributed by atoms with Crippen LogP contribution < -0.4 is 0 Å². The van der Waals surface area contributed by atoms with Crippen molar-refractivity contribution < 1.29 is 49.8 Å². The molecule has 0 saturated carbocycles. The van der Waals surface area contributed by atoms with Crippen LogP contribution in [-0.4, -0.2) is 79.6 Å². The Hall–Kier alpha value is -2.37. The Bertz CT molecular complexity index is 613. The van der Waals surface area contributed by atoms with Gasteiger partial charge in [-0.05, 0) is 12.1 Å². The lowest BCUT2D eigenvalue weighted by Crippen LogP contribution is -2.49. The van der Waals surface area contributed by atoms with E-state index in [1.165, 1.54) is 12.1 Å². The smallest absolute Gasteiger partial charge is 0.346 e. The first-order valence-electron chi connectivity index (χ1n) is 6.62. The summed E-state index contributed by atoms with van der Waals surface area (Å²) in [4.78, 5) is 34.4. The molecule has 0 aliphatic rings. The molecule has 4 atom stereocenters. The highest BCUT2D eigenvalue weighted by atomic mass is 16.6. The van der Waals surface area contributed by atoms with Crippen molar-refractivity contribution in [1.82, 2.24) is 0 Å². The number of hydrogen-bond donors (Lipinski definition) is 6. The number of aliphatic hydroxyl groups is 5. The molecule has 6 N–H and O–H groups in total. The summed E-state index contributed by atoms with van der Waals surface area (Å²) in [5, 5.41) is 55.1. The molecule has 1 aromatic carbocycles. The van der Waals surface area contributed by atoms with Gasteiger partial charge in [0.05, 0.1) is 17.7 Å². The maximum absolute atomic E-state index is 11.8. The van der Waals surface area contributed by atoms with Crippen molar-refractivity contribution in [3.05, 3.63) is 35.4 Å². The molecule has 0 amide bonds. The van der Waals surface area contributed by atoms with Crippen LogP contribution in [0.2, 0.25) is 0 Å². The minimum atomic E-state index is -2.41. The summed E-state index contributed by atoms with van der Waals surface area (Å²) in [6.07, 6.45) is -8.59. The van der Waals surface area contributed by atoms with E-state index in [1.807, 2.05) is 0 Å². The van der Waals surface area contributed by atoms with Crippen LogP contribution in [0.25, 0.3) is 0 Å². The molecule has 0 aliphatic heterocycles. The minimum Gasteiger partial charge on any atom is -0.478 e. The third-order valence-corrected chi connectivity index (χ3v) is 3.07. The fourth-order valence-corrected chi connectivity index (χ4v) is 1.72. The van der Waals surface area contributed by atoms with Gasteiger partial charge in [0.1, 0.15) is 18.3 Å². The molecule has 10 nitrogen and oxygen atoms in total. The van der Waals surface area contributed by atoms with Gasteiger partial charge in [-0.1, -0.05) is 12.1 Å². The van der Waals surface area contributed by atoms with Crippen molar-refractivity contribution in [3.8, 4) is 0 Å². The van der Waals surface area contributed by atoms with Gasteiger partial charge in [-0.2, -0.15) is 0 Å². The Labute approximate surface area is 135 Å². The molecular formula is C14H16O10. The number of carboxylic acids is 1. The van der Waals surface area contributed by atoms with E-state index in [2.05, 4.69) is 4.74 Å². The first-order valence-corrected chi connectivity index (χ1v) is 6.62. The number of carbonyl (C=O) groups excluding carboxylic acids is 2. The predicted molar refractivity (Wildman–Crippen MR) is 74.9 cm³/mol. The Morgan fingerprint density at radius 3 is 2.00 bits per heavy atom. The van der Waals surface area contributed by atoms with Gasteiger partial charge in [0.15, 0.2) is 6.10 Å². The topological polar surface area (TPSA) is 182 Å². The van der Waals surface area contributed by atoms with Crippen molar-refractivity contribution in [2.24, 2.45) is 0 Å². The van der Waals surface area contributed by atoms with Crippen LogP contribution >= 0.6 is 0 Å². The number of esters is 2. The summed E-state index contributed by atoms with van der Waals surface area (Å²) in [7, 11) is 0. The highest BCUT2D eigenvalue weighted by Crippen LogP contribution is 2.12. The van der Waals surface area contributed by atoms with E-state index < -0.39 is 60.1 Å². The average Bonchev–Trinajstić information content (AvgIpc) is 2.58. The molecule has 0 aromatic heterocycles. The van der Waals surface area contributed by atoms with E-state index in [1.54, 1.807) is 0 Å². The standard InChI is InChI=1S/C14H16O10/c15-5-8(16)9(17)10(18)11(19)14(23)24-13(22)7-4-2-1-3-6(7)12(20)21/h1-4,8-11,15-19H,5H2,(H,20,21)/t8-,9-,10+,11-/m1/s1. The maximum Gasteiger partial charge on any atom is 0.346 e. The molecule has 0 radical (unpaired) electrons. The molecule has 0 heterocycles. The maximum atomic E-state index is 11.8. The largest absolute Gasteiger partial charge is 0.478 e. The van der Waals surface area contributed by atoms with Crippen molar-refractivity contribution >= 4 is 17.9 Å². The van der Waals surface area contributed by atoms with Crippen molar-refractivity contribution in [2.75, 3.05) is 6.61 Å². The summed E-state index contributed by atoms with van der Waals surface area (Å²) in [5.41, 5.74) is -0.906. The highest BCUT2D eigenvalue weighted by Gasteiger charge is 2.36. The molecule has 0 fully saturated rings. The SMILES string of the molecule is O=C(O)c1ccccc1C(=O)OC(=O)[C@H](O)[C@@H](O)[C@H](O)[C@H](O)CO.